The van der Waals surface area contributed by atoms with Gasteiger partial charge in [-0.3, -0.25) is 0 Å². The average molecular weight is 361 g/mol. The van der Waals surface area contributed by atoms with Crippen LogP contribution in [0.1, 0.15) is 46.1 Å². The monoisotopic (exact) mass is 361 g/mol. The molecule has 2 fully saturated rings. The summed E-state index contributed by atoms with van der Waals surface area (Å²) < 4.78 is 18.4. The van der Waals surface area contributed by atoms with Crippen LogP contribution in [0.4, 0.5) is 0 Å². The number of β-amino-alcohol motifs (C(OH)–C–C–N with tert-alkyl or cyclic N) is 1. The van der Waals surface area contributed by atoms with Gasteiger partial charge in [0.1, 0.15) is 5.75 Å². The minimum absolute atomic E-state index is 0.158. The lowest BCUT2D eigenvalue weighted by Gasteiger charge is -2.32. The summed E-state index contributed by atoms with van der Waals surface area (Å²) in [5, 5.41) is 9.58. The zero-order valence-corrected chi connectivity index (χ0v) is 16.7. The van der Waals surface area contributed by atoms with Crippen molar-refractivity contribution < 1.29 is 19.2 Å². The van der Waals surface area contributed by atoms with E-state index >= 15 is 0 Å². The third-order valence-corrected chi connectivity index (χ3v) is 5.96. The smallest absolute Gasteiger partial charge is 0.493 e. The lowest BCUT2D eigenvalue weighted by molar-refractivity contribution is 0.00578. The van der Waals surface area contributed by atoms with Crippen molar-refractivity contribution in [2.75, 3.05) is 26.2 Å². The number of hydrogen-bond acceptors (Lipinski definition) is 5. The molecular formula is C20H32BNO4. The van der Waals surface area contributed by atoms with Crippen LogP contribution in [0.15, 0.2) is 18.2 Å². The van der Waals surface area contributed by atoms with E-state index < -0.39 is 0 Å². The van der Waals surface area contributed by atoms with Crippen LogP contribution in [-0.4, -0.2) is 60.7 Å². The Labute approximate surface area is 157 Å². The van der Waals surface area contributed by atoms with E-state index in [-0.39, 0.29) is 24.4 Å². The van der Waals surface area contributed by atoms with Gasteiger partial charge in [0.2, 0.25) is 0 Å². The molecule has 1 N–H and O–H groups in total. The van der Waals surface area contributed by atoms with Crippen molar-refractivity contribution >= 4 is 12.6 Å². The van der Waals surface area contributed by atoms with Crippen LogP contribution in [-0.2, 0) is 9.31 Å². The van der Waals surface area contributed by atoms with E-state index in [0.29, 0.717) is 6.61 Å². The molecule has 2 aliphatic heterocycles. The molecule has 3 rings (SSSR count). The summed E-state index contributed by atoms with van der Waals surface area (Å²) in [6.07, 6.45) is 1.68. The van der Waals surface area contributed by atoms with Crippen LogP contribution in [0.25, 0.3) is 0 Å². The third kappa shape index (κ3) is 4.09. The highest BCUT2D eigenvalue weighted by Gasteiger charge is 2.52. The molecule has 0 unspecified atom stereocenters. The molecule has 1 aromatic rings. The third-order valence-electron chi connectivity index (χ3n) is 5.96. The first kappa shape index (κ1) is 19.7. The van der Waals surface area contributed by atoms with Gasteiger partial charge in [0.25, 0.3) is 0 Å². The highest BCUT2D eigenvalue weighted by molar-refractivity contribution is 6.62. The lowest BCUT2D eigenvalue weighted by atomic mass is 9.76. The van der Waals surface area contributed by atoms with E-state index in [1.54, 1.807) is 0 Å². The molecule has 0 aromatic heterocycles. The van der Waals surface area contributed by atoms with Crippen LogP contribution in [0.5, 0.6) is 5.75 Å². The number of likely N-dealkylation sites (tertiary alicyclic amines) is 1. The van der Waals surface area contributed by atoms with Gasteiger partial charge < -0.3 is 24.1 Å². The number of rotatable bonds is 6. The fourth-order valence-corrected chi connectivity index (χ4v) is 3.50. The Bertz CT molecular complexity index is 618. The molecule has 2 heterocycles. The summed E-state index contributed by atoms with van der Waals surface area (Å²) >= 11 is 0. The van der Waals surface area contributed by atoms with Gasteiger partial charge in [-0.2, -0.15) is 0 Å². The highest BCUT2D eigenvalue weighted by atomic mass is 16.7. The maximum atomic E-state index is 9.58. The van der Waals surface area contributed by atoms with Crippen LogP contribution in [0.2, 0.25) is 0 Å². The second kappa shape index (κ2) is 7.51. The van der Waals surface area contributed by atoms with E-state index in [1.807, 2.05) is 12.1 Å². The molecule has 1 aromatic carbocycles. The fraction of sp³-hybridized carbons (Fsp3) is 0.700. The zero-order chi connectivity index (χ0) is 18.9. The van der Waals surface area contributed by atoms with Crippen molar-refractivity contribution in [3.8, 4) is 5.75 Å². The topological polar surface area (TPSA) is 51.2 Å². The molecule has 0 radical (unpaired) electrons. The Kier molecular flexibility index (Phi) is 5.68. The van der Waals surface area contributed by atoms with Gasteiger partial charge >= 0.3 is 7.12 Å². The normalized spacial score (nSPS) is 25.0. The molecule has 0 saturated carbocycles. The highest BCUT2D eigenvalue weighted by Crippen LogP contribution is 2.37. The number of hydrogen-bond donors (Lipinski definition) is 1. The molecule has 0 amide bonds. The van der Waals surface area contributed by atoms with Gasteiger partial charge in [-0.05, 0) is 64.6 Å². The van der Waals surface area contributed by atoms with Crippen LogP contribution in [0.3, 0.4) is 0 Å². The molecule has 26 heavy (non-hydrogen) atoms. The van der Waals surface area contributed by atoms with Crippen molar-refractivity contribution in [3.05, 3.63) is 23.8 Å². The predicted octanol–water partition coefficient (Wildman–Crippen LogP) is 2.13. The molecular weight excluding hydrogens is 329 g/mol. The van der Waals surface area contributed by atoms with Crippen molar-refractivity contribution in [2.45, 2.75) is 64.8 Å². The average Bonchev–Trinajstić information content (AvgIpc) is 3.05. The molecule has 2 saturated heterocycles. The first-order valence-corrected chi connectivity index (χ1v) is 9.68. The number of ether oxygens (including phenoxy) is 1. The maximum Gasteiger partial charge on any atom is 0.495 e. The van der Waals surface area contributed by atoms with E-state index in [0.717, 1.165) is 49.3 Å². The summed E-state index contributed by atoms with van der Waals surface area (Å²) in [6.45, 7) is 13.7. The predicted molar refractivity (Wildman–Crippen MR) is 104 cm³/mol. The van der Waals surface area contributed by atoms with Crippen LogP contribution >= 0.6 is 0 Å². The van der Waals surface area contributed by atoms with E-state index in [2.05, 4.69) is 45.6 Å². The minimum Gasteiger partial charge on any atom is -0.493 e. The fourth-order valence-electron chi connectivity index (χ4n) is 3.50. The largest absolute Gasteiger partial charge is 0.495 e. The Morgan fingerprint density at radius 2 is 1.92 bits per heavy atom. The summed E-state index contributed by atoms with van der Waals surface area (Å²) in [6, 6.07) is 6.05. The summed E-state index contributed by atoms with van der Waals surface area (Å²) in [5.74, 6) is 0.888. The van der Waals surface area contributed by atoms with Gasteiger partial charge in [-0.25, -0.2) is 0 Å². The summed E-state index contributed by atoms with van der Waals surface area (Å²) in [4.78, 5) is 2.29. The molecule has 1 atom stereocenters. The van der Waals surface area contributed by atoms with Gasteiger partial charge in [-0.1, -0.05) is 12.1 Å². The van der Waals surface area contributed by atoms with E-state index in [4.69, 9.17) is 14.0 Å². The Morgan fingerprint density at radius 1 is 1.23 bits per heavy atom. The molecule has 0 bridgehead atoms. The Morgan fingerprint density at radius 3 is 2.54 bits per heavy atom. The van der Waals surface area contributed by atoms with E-state index in [1.165, 1.54) is 0 Å². The number of benzene rings is 1. The second-order valence-corrected chi connectivity index (χ2v) is 8.50. The number of nitrogens with zero attached hydrogens (tertiary/aromatic N) is 1. The van der Waals surface area contributed by atoms with Crippen molar-refractivity contribution in [1.29, 1.82) is 0 Å². The minimum atomic E-state index is -0.366. The first-order chi connectivity index (χ1) is 12.2. The molecule has 2 aliphatic rings. The molecule has 144 valence electrons. The van der Waals surface area contributed by atoms with Crippen molar-refractivity contribution in [3.63, 3.8) is 0 Å². The number of aliphatic hydroxyl groups excluding tert-OH is 1. The lowest BCUT2D eigenvalue weighted by Crippen LogP contribution is -2.41. The standard InChI is InChI=1S/C20H32BNO4/c1-15-17(21-25-19(2,3)20(4,5)26-21)8-6-9-18(15)24-13-7-11-22-12-10-16(23)14-22/h6,8-9,16,23H,7,10-14H2,1-5H3/t16-/m1/s1. The molecule has 5 nitrogen and oxygen atoms in total. The van der Waals surface area contributed by atoms with Crippen LogP contribution in [0, 0.1) is 6.92 Å². The van der Waals surface area contributed by atoms with Gasteiger partial charge in [0.15, 0.2) is 0 Å². The zero-order valence-electron chi connectivity index (χ0n) is 16.7. The van der Waals surface area contributed by atoms with Gasteiger partial charge in [0.05, 0.1) is 23.9 Å². The van der Waals surface area contributed by atoms with Crippen molar-refractivity contribution in [2.24, 2.45) is 0 Å². The summed E-state index contributed by atoms with van der Waals surface area (Å²) in [7, 11) is -0.366. The first-order valence-electron chi connectivity index (χ1n) is 9.68. The summed E-state index contributed by atoms with van der Waals surface area (Å²) in [5.41, 5.74) is 1.41. The van der Waals surface area contributed by atoms with Gasteiger partial charge in [-0.15, -0.1) is 0 Å². The van der Waals surface area contributed by atoms with Crippen LogP contribution < -0.4 is 10.2 Å². The quantitative estimate of drug-likeness (QED) is 0.622. The molecule has 0 spiro atoms. The molecule has 0 aliphatic carbocycles. The Balaban J connectivity index is 1.58. The molecule has 6 heteroatoms. The second-order valence-electron chi connectivity index (χ2n) is 8.50. The SMILES string of the molecule is Cc1c(OCCCN2CC[C@@H](O)C2)cccc1B1OC(C)(C)C(C)(C)O1. The van der Waals surface area contributed by atoms with Gasteiger partial charge in [0, 0.05) is 19.6 Å². The van der Waals surface area contributed by atoms with Crippen molar-refractivity contribution in [1.82, 2.24) is 4.90 Å². The Hall–Kier alpha value is -1.08. The van der Waals surface area contributed by atoms with E-state index in [9.17, 15) is 5.11 Å². The maximum absolute atomic E-state index is 9.58. The number of aliphatic hydroxyl groups is 1.